The topological polar surface area (TPSA) is 102 Å². The van der Waals surface area contributed by atoms with Crippen molar-refractivity contribution in [1.82, 2.24) is 9.97 Å². The first-order chi connectivity index (χ1) is 11.8. The summed E-state index contributed by atoms with van der Waals surface area (Å²) in [7, 11) is 0. The van der Waals surface area contributed by atoms with Gasteiger partial charge in [0.2, 0.25) is 5.88 Å². The summed E-state index contributed by atoms with van der Waals surface area (Å²) < 4.78 is -0.0277. The number of carbonyl (C=O) groups is 1. The molecule has 0 unspecified atom stereocenters. The number of halogens is 2. The largest absolute Gasteiger partial charge is 0.494 e. The highest BCUT2D eigenvalue weighted by atomic mass is 35.5. The van der Waals surface area contributed by atoms with Crippen molar-refractivity contribution < 1.29 is 9.90 Å². The van der Waals surface area contributed by atoms with Crippen LogP contribution in [-0.4, -0.2) is 26.7 Å². The molecule has 25 heavy (non-hydrogen) atoms. The molecule has 1 aromatic carbocycles. The Bertz CT molecular complexity index is 1070. The summed E-state index contributed by atoms with van der Waals surface area (Å²) in [4.78, 5) is 29.4. The molecule has 0 bridgehead atoms. The maximum absolute atomic E-state index is 12.7. The molecule has 1 aliphatic rings. The van der Waals surface area contributed by atoms with Gasteiger partial charge in [0.05, 0.1) is 22.0 Å². The van der Waals surface area contributed by atoms with Crippen LogP contribution in [0.5, 0.6) is 5.88 Å². The highest BCUT2D eigenvalue weighted by molar-refractivity contribution is 7.71. The van der Waals surface area contributed by atoms with Gasteiger partial charge >= 0.3 is 0 Å². The molecule has 1 amide bonds. The lowest BCUT2D eigenvalue weighted by Crippen LogP contribution is -2.22. The van der Waals surface area contributed by atoms with E-state index in [1.54, 1.807) is 19.1 Å². The van der Waals surface area contributed by atoms with Crippen molar-refractivity contribution in [3.05, 3.63) is 54.5 Å². The first-order valence-corrected chi connectivity index (χ1v) is 8.06. The van der Waals surface area contributed by atoms with Crippen LogP contribution in [0.15, 0.2) is 33.7 Å². The molecule has 0 fully saturated rings. The molecule has 0 aliphatic carbocycles. The van der Waals surface area contributed by atoms with Gasteiger partial charge in [0.15, 0.2) is 4.77 Å². The summed E-state index contributed by atoms with van der Waals surface area (Å²) in [6, 6.07) is 4.64. The molecule has 0 saturated carbocycles. The number of aromatic amines is 2. The molecular formula is C15H10Cl2N4O3S. The van der Waals surface area contributed by atoms with Crippen LogP contribution in [0.4, 0.5) is 5.69 Å². The second-order valence-electron chi connectivity index (χ2n) is 5.13. The number of nitrogens with zero attached hydrogens (tertiary/aromatic N) is 2. The van der Waals surface area contributed by atoms with Crippen LogP contribution in [0.3, 0.4) is 0 Å². The zero-order valence-corrected chi connectivity index (χ0v) is 15.0. The molecule has 10 heteroatoms. The Hall–Kier alpha value is -2.42. The van der Waals surface area contributed by atoms with Gasteiger partial charge in [0.1, 0.15) is 5.56 Å². The van der Waals surface area contributed by atoms with Crippen LogP contribution in [0.1, 0.15) is 12.5 Å². The number of aromatic nitrogens is 2. The monoisotopic (exact) mass is 396 g/mol. The summed E-state index contributed by atoms with van der Waals surface area (Å²) in [5.74, 6) is -0.955. The second-order valence-corrected chi connectivity index (χ2v) is 6.38. The van der Waals surface area contributed by atoms with E-state index in [-0.39, 0.29) is 15.9 Å². The number of amides is 1. The predicted octanol–water partition coefficient (Wildman–Crippen LogP) is 3.25. The Morgan fingerprint density at radius 1 is 1.28 bits per heavy atom. The van der Waals surface area contributed by atoms with Crippen molar-refractivity contribution in [2.45, 2.75) is 6.92 Å². The Kier molecular flexibility index (Phi) is 4.51. The van der Waals surface area contributed by atoms with E-state index in [1.165, 1.54) is 12.1 Å². The Labute approximate surface area is 156 Å². The summed E-state index contributed by atoms with van der Waals surface area (Å²) in [5, 5.41) is 15.8. The average Bonchev–Trinajstić information content (AvgIpc) is 2.80. The van der Waals surface area contributed by atoms with Crippen molar-refractivity contribution in [2.75, 3.05) is 5.01 Å². The Morgan fingerprint density at radius 2 is 2.00 bits per heavy atom. The van der Waals surface area contributed by atoms with E-state index >= 15 is 0 Å². The van der Waals surface area contributed by atoms with Crippen molar-refractivity contribution >= 4 is 58.8 Å². The molecule has 1 aromatic heterocycles. The molecular weight excluding hydrogens is 387 g/mol. The zero-order valence-electron chi connectivity index (χ0n) is 12.6. The minimum absolute atomic E-state index is 0.0277. The Morgan fingerprint density at radius 3 is 2.68 bits per heavy atom. The van der Waals surface area contributed by atoms with E-state index in [2.05, 4.69) is 15.1 Å². The fourth-order valence-electron chi connectivity index (χ4n) is 2.26. The highest BCUT2D eigenvalue weighted by Gasteiger charge is 2.30. The third kappa shape index (κ3) is 3.23. The summed E-state index contributed by atoms with van der Waals surface area (Å²) in [6.07, 6.45) is 1.24. The molecule has 0 spiro atoms. The average molecular weight is 397 g/mol. The molecule has 0 saturated heterocycles. The van der Waals surface area contributed by atoms with Crippen LogP contribution in [0.25, 0.3) is 6.08 Å². The number of carbonyl (C=O) groups excluding carboxylic acids is 1. The minimum atomic E-state index is -0.631. The van der Waals surface area contributed by atoms with Gasteiger partial charge in [-0.15, -0.1) is 0 Å². The van der Waals surface area contributed by atoms with Crippen molar-refractivity contribution in [2.24, 2.45) is 5.10 Å². The van der Waals surface area contributed by atoms with Gasteiger partial charge in [-0.25, -0.2) is 0 Å². The lowest BCUT2D eigenvalue weighted by atomic mass is 10.1. The number of hydrazone groups is 1. The molecule has 3 N–H and O–H groups in total. The van der Waals surface area contributed by atoms with Crippen LogP contribution < -0.4 is 10.6 Å². The van der Waals surface area contributed by atoms with E-state index in [0.717, 1.165) is 5.01 Å². The molecule has 2 aromatic rings. The number of hydrogen-bond donors (Lipinski definition) is 3. The number of anilines is 1. The molecule has 2 heterocycles. The maximum Gasteiger partial charge on any atom is 0.280 e. The highest BCUT2D eigenvalue weighted by Crippen LogP contribution is 2.33. The zero-order chi connectivity index (χ0) is 18.3. The number of H-pyrrole nitrogens is 2. The standard InChI is InChI=1S/C15H10Cl2N4O3S/c1-6-8(5-9-12(22)18-15(25)19-13(9)23)14(24)21(20-6)11-4-7(16)2-3-10(11)17/h2-5H,1H3,(H3,18,19,22,23,25). The van der Waals surface area contributed by atoms with Gasteiger partial charge in [-0.3, -0.25) is 14.6 Å². The van der Waals surface area contributed by atoms with Gasteiger partial charge in [-0.05, 0) is 43.4 Å². The summed E-state index contributed by atoms with van der Waals surface area (Å²) in [6.45, 7) is 1.60. The molecule has 3 rings (SSSR count). The van der Waals surface area contributed by atoms with Gasteiger partial charge in [-0.1, -0.05) is 23.2 Å². The van der Waals surface area contributed by atoms with Crippen LogP contribution >= 0.6 is 35.4 Å². The van der Waals surface area contributed by atoms with E-state index < -0.39 is 17.3 Å². The van der Waals surface area contributed by atoms with E-state index in [1.807, 2.05) is 0 Å². The minimum Gasteiger partial charge on any atom is -0.494 e. The molecule has 7 nitrogen and oxygen atoms in total. The SMILES string of the molecule is CC1=NN(c2cc(Cl)ccc2Cl)C(=O)C1=Cc1c(O)[nH]c(=S)[nH]c1=O. The molecule has 128 valence electrons. The predicted molar refractivity (Wildman–Crippen MR) is 98.9 cm³/mol. The van der Waals surface area contributed by atoms with Crippen molar-refractivity contribution in [3.63, 3.8) is 0 Å². The van der Waals surface area contributed by atoms with Crippen LogP contribution in [-0.2, 0) is 4.79 Å². The number of rotatable bonds is 2. The Balaban J connectivity index is 2.09. The van der Waals surface area contributed by atoms with Crippen molar-refractivity contribution in [3.8, 4) is 5.88 Å². The lowest BCUT2D eigenvalue weighted by molar-refractivity contribution is -0.114. The normalized spacial score (nSPS) is 15.8. The molecule has 1 aliphatic heterocycles. The molecule has 0 radical (unpaired) electrons. The van der Waals surface area contributed by atoms with Gasteiger partial charge in [0, 0.05) is 5.02 Å². The number of nitrogens with one attached hydrogen (secondary N) is 2. The first kappa shape index (κ1) is 17.4. The fourth-order valence-corrected chi connectivity index (χ4v) is 2.81. The smallest absolute Gasteiger partial charge is 0.280 e. The fraction of sp³-hybridized carbons (Fsp3) is 0.0667. The number of benzene rings is 1. The van der Waals surface area contributed by atoms with E-state index in [4.69, 9.17) is 35.4 Å². The maximum atomic E-state index is 12.7. The summed E-state index contributed by atoms with van der Waals surface area (Å²) >= 11 is 16.8. The van der Waals surface area contributed by atoms with Gasteiger partial charge < -0.3 is 10.1 Å². The number of hydrogen-bond acceptors (Lipinski definition) is 5. The van der Waals surface area contributed by atoms with E-state index in [0.29, 0.717) is 21.4 Å². The summed E-state index contributed by atoms with van der Waals surface area (Å²) in [5.41, 5.74) is 0.0244. The molecule has 0 atom stereocenters. The van der Waals surface area contributed by atoms with E-state index in [9.17, 15) is 14.7 Å². The third-order valence-corrected chi connectivity index (χ3v) is 4.21. The van der Waals surface area contributed by atoms with Gasteiger partial charge in [-0.2, -0.15) is 10.1 Å². The first-order valence-electron chi connectivity index (χ1n) is 6.90. The third-order valence-electron chi connectivity index (χ3n) is 3.45. The number of aromatic hydroxyl groups is 1. The van der Waals surface area contributed by atoms with Crippen molar-refractivity contribution in [1.29, 1.82) is 0 Å². The second kappa shape index (κ2) is 6.47. The quantitative estimate of drug-likeness (QED) is 0.535. The lowest BCUT2D eigenvalue weighted by Gasteiger charge is -2.13. The van der Waals surface area contributed by atoms with Gasteiger partial charge in [0.25, 0.3) is 11.5 Å². The van der Waals surface area contributed by atoms with Crippen LogP contribution in [0, 0.1) is 4.77 Å². The van der Waals surface area contributed by atoms with Crippen LogP contribution in [0.2, 0.25) is 10.0 Å².